The summed E-state index contributed by atoms with van der Waals surface area (Å²) in [5, 5.41) is 2.47. The van der Waals surface area contributed by atoms with Crippen molar-refractivity contribution in [3.05, 3.63) is 0 Å². The molecule has 0 bridgehead atoms. The molecule has 2 heteroatoms. The van der Waals surface area contributed by atoms with Gasteiger partial charge in [-0.1, -0.05) is 18.6 Å². The Bertz CT molecular complexity index is 90.2. The molecule has 0 radical (unpaired) electrons. The van der Waals surface area contributed by atoms with E-state index in [0.29, 0.717) is 4.99 Å². The van der Waals surface area contributed by atoms with Crippen LogP contribution in [0.15, 0.2) is 0 Å². The zero-order chi connectivity index (χ0) is 4.99. The summed E-state index contributed by atoms with van der Waals surface area (Å²) in [5.41, 5.74) is 0. The molecule has 0 unspecified atom stereocenters. The largest absolute Gasteiger partial charge is 0.310 e. The molecule has 0 saturated carbocycles. The summed E-state index contributed by atoms with van der Waals surface area (Å²) in [6.07, 6.45) is 4.78. The Hall–Kier alpha value is -0.550. The summed E-state index contributed by atoms with van der Waals surface area (Å²) in [6.45, 7) is 1.73. The molecular weight excluding hydrogens is 94.1 g/mol. The van der Waals surface area contributed by atoms with E-state index in [2.05, 4.69) is 23.6 Å². The van der Waals surface area contributed by atoms with E-state index in [1.54, 1.807) is 6.92 Å². The van der Waals surface area contributed by atoms with Gasteiger partial charge in [0.05, 0.1) is 4.99 Å². The average molecular weight is 99.2 g/mol. The average Bonchev–Trinajstić information content (AvgIpc) is 1.35. The highest BCUT2D eigenvalue weighted by Gasteiger charge is 1.70. The van der Waals surface area contributed by atoms with Crippen molar-refractivity contribution in [2.24, 2.45) is 0 Å². The molecule has 0 aliphatic rings. The Morgan fingerprint density at radius 2 is 2.50 bits per heavy atom. The maximum Gasteiger partial charge on any atom is 0.0836 e. The van der Waals surface area contributed by atoms with Gasteiger partial charge in [0, 0.05) is 6.04 Å². The zero-order valence-corrected chi connectivity index (χ0v) is 4.30. The summed E-state index contributed by atoms with van der Waals surface area (Å²) in [5.74, 6) is 0. The normalized spacial score (nSPS) is 6.00. The monoisotopic (exact) mass is 99.0 g/mol. The number of rotatable bonds is 0. The van der Waals surface area contributed by atoms with Gasteiger partial charge in [-0.15, -0.1) is 0 Å². The summed E-state index contributed by atoms with van der Waals surface area (Å²) >= 11 is 4.54. The second-order valence-electron chi connectivity index (χ2n) is 0.826. The van der Waals surface area contributed by atoms with Crippen LogP contribution in [-0.4, -0.2) is 4.99 Å². The van der Waals surface area contributed by atoms with Gasteiger partial charge >= 0.3 is 0 Å². The van der Waals surface area contributed by atoms with Crippen molar-refractivity contribution in [2.45, 2.75) is 6.92 Å². The Kier molecular flexibility index (Phi) is 2.43. The molecule has 32 valence electrons. The number of nitrogens with one attached hydrogen (secondary N) is 1. The molecule has 0 rings (SSSR count). The van der Waals surface area contributed by atoms with Crippen molar-refractivity contribution >= 4 is 17.2 Å². The van der Waals surface area contributed by atoms with E-state index in [1.807, 2.05) is 0 Å². The number of terminal acetylenes is 1. The molecule has 0 aromatic heterocycles. The fourth-order valence-corrected chi connectivity index (χ4v) is 0.161. The van der Waals surface area contributed by atoms with E-state index >= 15 is 0 Å². The van der Waals surface area contributed by atoms with Gasteiger partial charge in [0.2, 0.25) is 0 Å². The molecule has 0 fully saturated rings. The highest BCUT2D eigenvalue weighted by atomic mass is 32.1. The van der Waals surface area contributed by atoms with E-state index in [0.717, 1.165) is 0 Å². The van der Waals surface area contributed by atoms with Crippen molar-refractivity contribution in [3.8, 4) is 12.5 Å². The van der Waals surface area contributed by atoms with Gasteiger partial charge in [0.1, 0.15) is 0 Å². The number of hydrogen-bond acceptors (Lipinski definition) is 1. The highest BCUT2D eigenvalue weighted by Crippen LogP contribution is 1.59. The molecule has 0 aromatic rings. The van der Waals surface area contributed by atoms with Crippen LogP contribution < -0.4 is 5.32 Å². The topological polar surface area (TPSA) is 12.0 Å². The van der Waals surface area contributed by atoms with Gasteiger partial charge in [-0.05, 0) is 6.92 Å². The molecule has 0 aliphatic carbocycles. The highest BCUT2D eigenvalue weighted by molar-refractivity contribution is 7.80. The minimum Gasteiger partial charge on any atom is -0.310 e. The van der Waals surface area contributed by atoms with Crippen molar-refractivity contribution in [3.63, 3.8) is 0 Å². The number of hydrogen-bond donors (Lipinski definition) is 1. The Labute approximate surface area is 42.7 Å². The molecule has 0 atom stereocenters. The van der Waals surface area contributed by atoms with Gasteiger partial charge in [-0.25, -0.2) is 0 Å². The Balaban J connectivity index is 3.13. The molecule has 0 heterocycles. The molecule has 0 aromatic carbocycles. The van der Waals surface area contributed by atoms with Crippen LogP contribution in [0, 0.1) is 12.5 Å². The number of thiocarbonyl (C=S) groups is 1. The predicted molar refractivity (Wildman–Crippen MR) is 30.2 cm³/mol. The maximum atomic E-state index is 4.78. The van der Waals surface area contributed by atoms with Crippen LogP contribution >= 0.6 is 12.2 Å². The van der Waals surface area contributed by atoms with Crippen LogP contribution in [0.4, 0.5) is 0 Å². The third-order valence-electron chi connectivity index (χ3n) is 0.248. The van der Waals surface area contributed by atoms with Crippen LogP contribution in [0.3, 0.4) is 0 Å². The minimum absolute atomic E-state index is 0.637. The minimum atomic E-state index is 0.637. The molecular formula is C4H5NS. The molecule has 0 saturated heterocycles. The van der Waals surface area contributed by atoms with Gasteiger partial charge < -0.3 is 5.32 Å². The lowest BCUT2D eigenvalue weighted by atomic mass is 10.8. The molecule has 0 spiro atoms. The van der Waals surface area contributed by atoms with E-state index in [-0.39, 0.29) is 0 Å². The summed E-state index contributed by atoms with van der Waals surface area (Å²) in [7, 11) is 0. The predicted octanol–water partition coefficient (Wildman–Crippen LogP) is 0.514. The van der Waals surface area contributed by atoms with Crippen LogP contribution in [0.2, 0.25) is 0 Å². The molecule has 1 N–H and O–H groups in total. The van der Waals surface area contributed by atoms with Crippen molar-refractivity contribution in [1.29, 1.82) is 0 Å². The fraction of sp³-hybridized carbons (Fsp3) is 0.250. The molecule has 0 amide bonds. The van der Waals surface area contributed by atoms with Crippen LogP contribution in [0.1, 0.15) is 6.92 Å². The third kappa shape index (κ3) is 3.45. The van der Waals surface area contributed by atoms with E-state index in [9.17, 15) is 0 Å². The Morgan fingerprint density at radius 1 is 2.00 bits per heavy atom. The van der Waals surface area contributed by atoms with Crippen molar-refractivity contribution < 1.29 is 0 Å². The lowest BCUT2D eigenvalue weighted by Gasteiger charge is -1.83. The molecule has 6 heavy (non-hydrogen) atoms. The van der Waals surface area contributed by atoms with E-state index in [4.69, 9.17) is 6.42 Å². The van der Waals surface area contributed by atoms with Gasteiger partial charge in [0.15, 0.2) is 0 Å². The van der Waals surface area contributed by atoms with Crippen LogP contribution in [0.5, 0.6) is 0 Å². The third-order valence-corrected chi connectivity index (χ3v) is 0.350. The summed E-state index contributed by atoms with van der Waals surface area (Å²) in [6, 6.07) is 2.18. The fourth-order valence-electron chi connectivity index (χ4n) is 0.102. The second-order valence-corrected chi connectivity index (χ2v) is 1.44. The zero-order valence-electron chi connectivity index (χ0n) is 3.49. The van der Waals surface area contributed by atoms with Gasteiger partial charge in [0.25, 0.3) is 0 Å². The molecule has 0 aliphatic heterocycles. The first-order chi connectivity index (χ1) is 2.77. The SMILES string of the molecule is C#CNC(C)=S. The Morgan fingerprint density at radius 3 is 2.50 bits per heavy atom. The lowest BCUT2D eigenvalue weighted by molar-refractivity contribution is 1.38. The first-order valence-corrected chi connectivity index (χ1v) is 1.90. The standard InChI is InChI=1S/C4H5NS/c1-3-5-4(2)6/h1H,2H3,(H,5,6). The van der Waals surface area contributed by atoms with Crippen molar-refractivity contribution in [1.82, 2.24) is 5.32 Å². The van der Waals surface area contributed by atoms with E-state index < -0.39 is 0 Å². The van der Waals surface area contributed by atoms with Crippen molar-refractivity contribution in [2.75, 3.05) is 0 Å². The van der Waals surface area contributed by atoms with Gasteiger partial charge in [-0.2, -0.15) is 0 Å². The first kappa shape index (κ1) is 5.45. The quantitative estimate of drug-likeness (QED) is 0.270. The smallest absolute Gasteiger partial charge is 0.0836 e. The van der Waals surface area contributed by atoms with E-state index in [1.165, 1.54) is 0 Å². The molecule has 1 nitrogen and oxygen atoms in total. The van der Waals surface area contributed by atoms with Crippen LogP contribution in [0.25, 0.3) is 0 Å². The van der Waals surface area contributed by atoms with Gasteiger partial charge in [-0.3, -0.25) is 0 Å². The van der Waals surface area contributed by atoms with Crippen LogP contribution in [-0.2, 0) is 0 Å². The maximum absolute atomic E-state index is 4.78. The first-order valence-electron chi connectivity index (χ1n) is 1.49. The summed E-state index contributed by atoms with van der Waals surface area (Å²) < 4.78 is 0. The second kappa shape index (κ2) is 2.67. The summed E-state index contributed by atoms with van der Waals surface area (Å²) in [4.78, 5) is 0.637. The lowest BCUT2D eigenvalue weighted by Crippen LogP contribution is -2.08.